The second kappa shape index (κ2) is 15.5. The molecule has 6 aromatic carbocycles. The van der Waals surface area contributed by atoms with Crippen LogP contribution in [0.25, 0.3) is 33.0 Å². The normalized spacial score (nSPS) is 20.3. The molecule has 0 radical (unpaired) electrons. The van der Waals surface area contributed by atoms with Gasteiger partial charge in [-0.25, -0.2) is 0 Å². The van der Waals surface area contributed by atoms with E-state index in [0.29, 0.717) is 11.5 Å². The van der Waals surface area contributed by atoms with E-state index in [4.69, 9.17) is 9.73 Å². The summed E-state index contributed by atoms with van der Waals surface area (Å²) in [6, 6.07) is 40.3. The summed E-state index contributed by atoms with van der Waals surface area (Å²) in [5.74, 6) is 2.27. The average Bonchev–Trinajstić information content (AvgIpc) is 3.40. The number of benzene rings is 6. The van der Waals surface area contributed by atoms with Crippen molar-refractivity contribution in [3.05, 3.63) is 143 Å². The highest BCUT2D eigenvalue weighted by Crippen LogP contribution is 2.55. The van der Waals surface area contributed by atoms with Crippen molar-refractivity contribution in [2.45, 2.75) is 103 Å². The van der Waals surface area contributed by atoms with E-state index in [1.54, 1.807) is 0 Å². The molecule has 1 atom stereocenters. The Balaban J connectivity index is 0.860. The number of likely N-dealkylation sites (N-methyl/N-ethyl adjacent to an activating group) is 1. The number of amides is 1. The van der Waals surface area contributed by atoms with Gasteiger partial charge in [0, 0.05) is 29.4 Å². The first-order valence-electron chi connectivity index (χ1n) is 21.8. The molecule has 1 spiro atoms. The summed E-state index contributed by atoms with van der Waals surface area (Å²) >= 11 is 0. The van der Waals surface area contributed by atoms with E-state index in [0.717, 1.165) is 50.5 Å². The van der Waals surface area contributed by atoms with E-state index in [2.05, 4.69) is 143 Å². The van der Waals surface area contributed by atoms with Crippen molar-refractivity contribution >= 4 is 40.0 Å². The van der Waals surface area contributed by atoms with Gasteiger partial charge in [-0.3, -0.25) is 9.79 Å². The topological polar surface area (TPSA) is 53.9 Å². The molecule has 3 aliphatic rings. The Morgan fingerprint density at radius 2 is 1.46 bits per heavy atom. The summed E-state index contributed by atoms with van der Waals surface area (Å²) in [4.78, 5) is 20.8. The molecule has 5 heteroatoms. The largest absolute Gasteiger partial charge is 0.459 e. The summed E-state index contributed by atoms with van der Waals surface area (Å²) in [6.45, 7) is 11.1. The minimum absolute atomic E-state index is 0.123. The Bertz CT molecular complexity index is 2540. The summed E-state index contributed by atoms with van der Waals surface area (Å²) in [5.41, 5.74) is 12.1. The Labute approximate surface area is 350 Å². The summed E-state index contributed by atoms with van der Waals surface area (Å²) in [7, 11) is 2.11. The number of hydrogen-bond donors (Lipinski definition) is 1. The Kier molecular flexibility index (Phi) is 10.2. The Morgan fingerprint density at radius 3 is 2.17 bits per heavy atom. The van der Waals surface area contributed by atoms with E-state index in [1.807, 2.05) is 30.5 Å². The molecule has 1 amide bonds. The number of fused-ring (bicyclic) bond motifs is 4. The molecule has 2 heterocycles. The predicted molar refractivity (Wildman–Crippen MR) is 247 cm³/mol. The zero-order chi connectivity index (χ0) is 40.9. The Hall–Kier alpha value is -5.68. The van der Waals surface area contributed by atoms with E-state index in [-0.39, 0.29) is 11.3 Å². The van der Waals surface area contributed by atoms with Gasteiger partial charge in [-0.2, -0.15) is 0 Å². The number of hydrogen-bond acceptors (Lipinski definition) is 4. The van der Waals surface area contributed by atoms with E-state index < -0.39 is 5.72 Å². The van der Waals surface area contributed by atoms with Crippen LogP contribution in [-0.4, -0.2) is 24.9 Å². The van der Waals surface area contributed by atoms with Gasteiger partial charge < -0.3 is 15.0 Å². The molecule has 1 aliphatic carbocycles. The van der Waals surface area contributed by atoms with Crippen molar-refractivity contribution in [3.8, 4) is 28.0 Å². The number of anilines is 2. The molecule has 0 bridgehead atoms. The van der Waals surface area contributed by atoms with Gasteiger partial charge in [-0.05, 0) is 158 Å². The zero-order valence-corrected chi connectivity index (χ0v) is 35.6. The van der Waals surface area contributed by atoms with E-state index >= 15 is 0 Å². The highest BCUT2D eigenvalue weighted by molar-refractivity contribution is 6.07. The maximum absolute atomic E-state index is 13.4. The number of carbonyl (C=O) groups is 1. The fourth-order valence-electron chi connectivity index (χ4n) is 10.1. The molecule has 1 unspecified atom stereocenters. The first kappa shape index (κ1) is 38.8. The molecule has 2 aliphatic heterocycles. The van der Waals surface area contributed by atoms with Crippen molar-refractivity contribution in [1.29, 1.82) is 0 Å². The van der Waals surface area contributed by atoms with Crippen LogP contribution in [0.3, 0.4) is 0 Å². The molecule has 6 aromatic rings. The monoisotopic (exact) mass is 779 g/mol. The third-order valence-electron chi connectivity index (χ3n) is 14.0. The molecule has 5 nitrogen and oxygen atoms in total. The van der Waals surface area contributed by atoms with Gasteiger partial charge in [0.05, 0.1) is 11.6 Å². The first-order chi connectivity index (χ1) is 28.6. The molecule has 1 N–H and O–H groups in total. The number of unbranched alkanes of at least 4 members (excludes halogenated alkanes) is 2. The van der Waals surface area contributed by atoms with Gasteiger partial charge in [0.15, 0.2) is 0 Å². The predicted octanol–water partition coefficient (Wildman–Crippen LogP) is 14.1. The lowest BCUT2D eigenvalue weighted by molar-refractivity contribution is 0.0826. The maximum atomic E-state index is 13.4. The van der Waals surface area contributed by atoms with Crippen LogP contribution in [0.15, 0.2) is 120 Å². The van der Waals surface area contributed by atoms with Crippen molar-refractivity contribution in [1.82, 2.24) is 0 Å². The highest BCUT2D eigenvalue weighted by Gasteiger charge is 2.58. The third kappa shape index (κ3) is 6.92. The quantitative estimate of drug-likeness (QED) is 0.149. The lowest BCUT2D eigenvalue weighted by atomic mass is 9.77. The van der Waals surface area contributed by atoms with Crippen molar-refractivity contribution < 1.29 is 9.53 Å². The summed E-state index contributed by atoms with van der Waals surface area (Å²) in [6.07, 6.45) is 12.9. The fraction of sp³-hybridized carbons (Fsp3) is 0.333. The molecule has 1 fully saturated rings. The van der Waals surface area contributed by atoms with E-state index in [1.165, 1.54) is 84.9 Å². The van der Waals surface area contributed by atoms with Crippen LogP contribution in [0.1, 0.15) is 111 Å². The van der Waals surface area contributed by atoms with Crippen LogP contribution in [-0.2, 0) is 5.41 Å². The number of ether oxygens (including phenoxy) is 1. The molecule has 1 saturated carbocycles. The number of aliphatic imine (C=N–C) groups is 1. The minimum atomic E-state index is -0.742. The molecule has 300 valence electrons. The second-order valence-electron chi connectivity index (χ2n) is 18.0. The lowest BCUT2D eigenvalue weighted by Gasteiger charge is -2.45. The average molecular weight is 780 g/mol. The number of nitrogens with zero attached hydrogens (tertiary/aromatic N) is 2. The van der Waals surface area contributed by atoms with Crippen LogP contribution in [0, 0.1) is 19.8 Å². The zero-order valence-electron chi connectivity index (χ0n) is 35.6. The van der Waals surface area contributed by atoms with Gasteiger partial charge in [0.1, 0.15) is 11.4 Å². The number of carbonyl (C=O) groups excluding carboxylic acids is 1. The third-order valence-corrected chi connectivity index (χ3v) is 14.0. The Morgan fingerprint density at radius 1 is 0.780 bits per heavy atom. The summed E-state index contributed by atoms with van der Waals surface area (Å²) in [5, 5.41) is 5.25. The van der Waals surface area contributed by atoms with Gasteiger partial charge in [0.2, 0.25) is 5.72 Å². The van der Waals surface area contributed by atoms with Crippen LogP contribution in [0.4, 0.5) is 17.1 Å². The minimum Gasteiger partial charge on any atom is -0.459 e. The van der Waals surface area contributed by atoms with Crippen molar-refractivity contribution in [3.63, 3.8) is 0 Å². The van der Waals surface area contributed by atoms with Crippen LogP contribution in [0.2, 0.25) is 0 Å². The number of rotatable bonds is 9. The molecule has 0 saturated heterocycles. The molecular formula is C54H57N3O2. The van der Waals surface area contributed by atoms with Gasteiger partial charge in [0.25, 0.3) is 5.91 Å². The standard InChI is InChI=1S/C54H57N3O2/c1-7-8-9-11-37-14-16-38(17-15-37)39-18-20-40(21-19-39)41-22-24-43(25-23-41)52(58)56-44-28-26-42(27-29-44)45-12-10-13-47-46(45)30-31-50-51(47)55-34-54(59-50)53(4,5)48-32-35(2)36(3)33-49(48)57(54)6/h10,12-13,18-34,37-38H,7-9,11,14-17H2,1-6H3,(H,56,58). The van der Waals surface area contributed by atoms with Gasteiger partial charge in [-0.15, -0.1) is 0 Å². The first-order valence-corrected chi connectivity index (χ1v) is 21.8. The lowest BCUT2D eigenvalue weighted by Crippen LogP contribution is -2.61. The number of aryl methyl sites for hydroxylation is 2. The smallest absolute Gasteiger partial charge is 0.255 e. The molecular weight excluding hydrogens is 723 g/mol. The second-order valence-corrected chi connectivity index (χ2v) is 18.0. The molecule has 9 rings (SSSR count). The SMILES string of the molecule is CCCCCC1CCC(c2ccc(-c3ccc(C(=O)Nc4ccc(-c5cccc6c7c(ccc56)OC5(C=N7)N(C)c6cc(C)c(C)cc6C5(C)C)cc4)cc3)cc2)CC1. The van der Waals surface area contributed by atoms with E-state index in [9.17, 15) is 4.79 Å². The summed E-state index contributed by atoms with van der Waals surface area (Å²) < 4.78 is 7.02. The van der Waals surface area contributed by atoms with Crippen LogP contribution < -0.4 is 15.0 Å². The van der Waals surface area contributed by atoms with Crippen molar-refractivity contribution in [2.75, 3.05) is 17.3 Å². The van der Waals surface area contributed by atoms with Crippen LogP contribution >= 0.6 is 0 Å². The van der Waals surface area contributed by atoms with Crippen molar-refractivity contribution in [2.24, 2.45) is 10.9 Å². The number of nitrogens with one attached hydrogen (secondary N) is 1. The molecule has 0 aromatic heterocycles. The molecule has 59 heavy (non-hydrogen) atoms. The van der Waals surface area contributed by atoms with Gasteiger partial charge in [-0.1, -0.05) is 105 Å². The van der Waals surface area contributed by atoms with Crippen LogP contribution in [0.5, 0.6) is 5.75 Å². The maximum Gasteiger partial charge on any atom is 0.255 e. The van der Waals surface area contributed by atoms with Gasteiger partial charge >= 0.3 is 0 Å². The highest BCUT2D eigenvalue weighted by atomic mass is 16.5. The fourth-order valence-corrected chi connectivity index (χ4v) is 10.1.